The quantitative estimate of drug-likeness (QED) is 0.728. The minimum Gasteiger partial charge on any atom is -0.439 e. The van der Waals surface area contributed by atoms with Crippen molar-refractivity contribution in [2.75, 3.05) is 5.73 Å². The smallest absolute Gasteiger partial charge is 0.200 e. The number of nitrogens with zero attached hydrogens (tertiary/aromatic N) is 2. The van der Waals surface area contributed by atoms with Crippen LogP contribution in [-0.4, -0.2) is 9.97 Å². The van der Waals surface area contributed by atoms with Crippen LogP contribution in [0.3, 0.4) is 0 Å². The zero-order valence-corrected chi connectivity index (χ0v) is 10.7. The highest BCUT2D eigenvalue weighted by Crippen LogP contribution is 2.23. The molecule has 1 unspecified atom stereocenters. The zero-order valence-electron chi connectivity index (χ0n) is 10.7. The van der Waals surface area contributed by atoms with Crippen LogP contribution in [0.15, 0.2) is 47.0 Å². The molecule has 2 heterocycles. The number of hydrogen-bond donors (Lipinski definition) is 1. The van der Waals surface area contributed by atoms with Gasteiger partial charge in [0.15, 0.2) is 17.1 Å². The second-order valence-corrected chi connectivity index (χ2v) is 4.72. The number of hydrogen-bond acceptors (Lipinski definition) is 4. The van der Waals surface area contributed by atoms with E-state index < -0.39 is 0 Å². The first-order valence-electron chi connectivity index (χ1n) is 6.28. The molecule has 4 nitrogen and oxygen atoms in total. The fourth-order valence-electron chi connectivity index (χ4n) is 2.09. The van der Waals surface area contributed by atoms with Gasteiger partial charge in [0, 0.05) is 17.8 Å². The Morgan fingerprint density at radius 2 is 2.00 bits per heavy atom. The summed E-state index contributed by atoms with van der Waals surface area (Å²) in [6, 6.07) is 11.6. The summed E-state index contributed by atoms with van der Waals surface area (Å²) in [5.74, 6) is 0.934. The summed E-state index contributed by atoms with van der Waals surface area (Å²) in [6.07, 6.45) is 2.59. The van der Waals surface area contributed by atoms with Crippen molar-refractivity contribution in [1.29, 1.82) is 0 Å². The third-order valence-electron chi connectivity index (χ3n) is 3.12. The third kappa shape index (κ3) is 2.42. The van der Waals surface area contributed by atoms with E-state index in [4.69, 9.17) is 10.2 Å². The fraction of sp³-hybridized carbons (Fsp3) is 0.200. The van der Waals surface area contributed by atoms with Crippen molar-refractivity contribution in [3.05, 3.63) is 54.0 Å². The average molecular weight is 253 g/mol. The number of oxazole rings is 1. The normalized spacial score (nSPS) is 12.7. The van der Waals surface area contributed by atoms with E-state index in [0.29, 0.717) is 5.65 Å². The van der Waals surface area contributed by atoms with Gasteiger partial charge in [-0.15, -0.1) is 0 Å². The number of rotatable bonds is 3. The maximum atomic E-state index is 5.73. The number of nitrogen functional groups attached to an aromatic ring is 1. The van der Waals surface area contributed by atoms with Gasteiger partial charge in [0.25, 0.3) is 0 Å². The summed E-state index contributed by atoms with van der Waals surface area (Å²) in [5, 5.41) is 0. The van der Waals surface area contributed by atoms with Crippen molar-refractivity contribution >= 4 is 16.9 Å². The number of benzene rings is 1. The molecule has 0 aliphatic heterocycles. The monoisotopic (exact) mass is 253 g/mol. The molecule has 0 bridgehead atoms. The predicted octanol–water partition coefficient (Wildman–Crippen LogP) is 3.15. The highest BCUT2D eigenvalue weighted by molar-refractivity contribution is 5.67. The Kier molecular flexibility index (Phi) is 2.91. The van der Waals surface area contributed by atoms with E-state index in [-0.39, 0.29) is 5.92 Å². The van der Waals surface area contributed by atoms with E-state index in [1.54, 1.807) is 6.20 Å². The van der Waals surface area contributed by atoms with E-state index in [1.165, 1.54) is 5.56 Å². The van der Waals surface area contributed by atoms with E-state index in [1.807, 2.05) is 36.4 Å². The molecule has 3 rings (SSSR count). The second-order valence-electron chi connectivity index (χ2n) is 4.72. The van der Waals surface area contributed by atoms with Gasteiger partial charge in [-0.2, -0.15) is 4.98 Å². The number of fused-ring (bicyclic) bond motifs is 1. The van der Waals surface area contributed by atoms with Crippen LogP contribution in [0.1, 0.15) is 24.3 Å². The highest BCUT2D eigenvalue weighted by atomic mass is 16.3. The molecule has 2 aromatic heterocycles. The van der Waals surface area contributed by atoms with E-state index in [0.717, 1.165) is 23.6 Å². The summed E-state index contributed by atoms with van der Waals surface area (Å²) in [7, 11) is 0. The van der Waals surface area contributed by atoms with Crippen LogP contribution >= 0.6 is 0 Å². The molecule has 0 spiro atoms. The standard InChI is InChI=1S/C15H15N3O/c1-10(9-11-4-6-12(16)7-5-11)15-18-14-13(19-15)3-2-8-17-14/h2-8,10H,9,16H2,1H3. The average Bonchev–Trinajstić information content (AvgIpc) is 2.85. The van der Waals surface area contributed by atoms with Crippen LogP contribution in [0.4, 0.5) is 5.69 Å². The Morgan fingerprint density at radius 3 is 2.74 bits per heavy atom. The first-order valence-corrected chi connectivity index (χ1v) is 6.28. The molecule has 0 aliphatic carbocycles. The van der Waals surface area contributed by atoms with Crippen molar-refractivity contribution < 1.29 is 4.42 Å². The predicted molar refractivity (Wildman–Crippen MR) is 74.8 cm³/mol. The van der Waals surface area contributed by atoms with Crippen molar-refractivity contribution in [3.8, 4) is 0 Å². The molecule has 1 aromatic carbocycles. The Morgan fingerprint density at radius 1 is 1.21 bits per heavy atom. The Hall–Kier alpha value is -2.36. The maximum absolute atomic E-state index is 5.73. The van der Waals surface area contributed by atoms with E-state index >= 15 is 0 Å². The lowest BCUT2D eigenvalue weighted by atomic mass is 10.0. The first-order chi connectivity index (χ1) is 9.22. The lowest BCUT2D eigenvalue weighted by molar-refractivity contribution is 0.484. The first kappa shape index (κ1) is 11.7. The van der Waals surface area contributed by atoms with Gasteiger partial charge in [-0.3, -0.25) is 0 Å². The van der Waals surface area contributed by atoms with Crippen LogP contribution in [0.5, 0.6) is 0 Å². The Bertz CT molecular complexity index is 655. The SMILES string of the molecule is CC(Cc1ccc(N)cc1)c1nc2ncccc2o1. The largest absolute Gasteiger partial charge is 0.439 e. The number of anilines is 1. The van der Waals surface area contributed by atoms with Gasteiger partial charge in [-0.25, -0.2) is 4.98 Å². The molecule has 0 radical (unpaired) electrons. The molecule has 96 valence electrons. The molecule has 0 aliphatic rings. The highest BCUT2D eigenvalue weighted by Gasteiger charge is 2.14. The van der Waals surface area contributed by atoms with E-state index in [2.05, 4.69) is 16.9 Å². The van der Waals surface area contributed by atoms with Crippen molar-refractivity contribution in [2.45, 2.75) is 19.3 Å². The summed E-state index contributed by atoms with van der Waals surface area (Å²) in [6.45, 7) is 2.10. The van der Waals surface area contributed by atoms with E-state index in [9.17, 15) is 0 Å². The molecule has 2 N–H and O–H groups in total. The summed E-state index contributed by atoms with van der Waals surface area (Å²) < 4.78 is 5.73. The van der Waals surface area contributed by atoms with Crippen molar-refractivity contribution in [2.24, 2.45) is 0 Å². The molecule has 0 fully saturated rings. The molecule has 0 saturated heterocycles. The third-order valence-corrected chi connectivity index (χ3v) is 3.12. The number of aromatic nitrogens is 2. The minimum atomic E-state index is 0.206. The van der Waals surface area contributed by atoms with Crippen LogP contribution in [0.2, 0.25) is 0 Å². The number of nitrogens with two attached hydrogens (primary N) is 1. The molecule has 4 heteroatoms. The molecule has 0 amide bonds. The van der Waals surface area contributed by atoms with Gasteiger partial charge < -0.3 is 10.2 Å². The van der Waals surface area contributed by atoms with Gasteiger partial charge in [-0.1, -0.05) is 19.1 Å². The Labute approximate surface area is 111 Å². The molecule has 1 atom stereocenters. The lowest BCUT2D eigenvalue weighted by Crippen LogP contribution is -1.99. The van der Waals surface area contributed by atoms with Gasteiger partial charge in [0.05, 0.1) is 0 Å². The van der Waals surface area contributed by atoms with Gasteiger partial charge in [-0.05, 0) is 36.2 Å². The lowest BCUT2D eigenvalue weighted by Gasteiger charge is -2.07. The maximum Gasteiger partial charge on any atom is 0.200 e. The van der Waals surface area contributed by atoms with Gasteiger partial charge >= 0.3 is 0 Å². The molecule has 19 heavy (non-hydrogen) atoms. The molecular formula is C15H15N3O. The van der Waals surface area contributed by atoms with Crippen LogP contribution in [0, 0.1) is 0 Å². The summed E-state index contributed by atoms with van der Waals surface area (Å²) in [4.78, 5) is 8.61. The topological polar surface area (TPSA) is 64.9 Å². The fourth-order valence-corrected chi connectivity index (χ4v) is 2.09. The van der Waals surface area contributed by atoms with Gasteiger partial charge in [0.1, 0.15) is 0 Å². The van der Waals surface area contributed by atoms with Crippen LogP contribution in [0.25, 0.3) is 11.2 Å². The van der Waals surface area contributed by atoms with Crippen molar-refractivity contribution in [3.63, 3.8) is 0 Å². The van der Waals surface area contributed by atoms with Crippen molar-refractivity contribution in [1.82, 2.24) is 9.97 Å². The van der Waals surface area contributed by atoms with Gasteiger partial charge in [0.2, 0.25) is 0 Å². The summed E-state index contributed by atoms with van der Waals surface area (Å²) in [5.41, 5.74) is 9.09. The minimum absolute atomic E-state index is 0.206. The Balaban J connectivity index is 1.83. The zero-order chi connectivity index (χ0) is 13.2. The van der Waals surface area contributed by atoms with Crippen LogP contribution < -0.4 is 5.73 Å². The molecule has 3 aromatic rings. The molecule has 0 saturated carbocycles. The molecular weight excluding hydrogens is 238 g/mol. The second kappa shape index (κ2) is 4.72. The van der Waals surface area contributed by atoms with Crippen LogP contribution in [-0.2, 0) is 6.42 Å². The number of pyridine rings is 1. The summed E-state index contributed by atoms with van der Waals surface area (Å²) >= 11 is 0.